The number of carbonyl (C=O) groups is 1. The Morgan fingerprint density at radius 3 is 1.83 bits per heavy atom. The van der Waals surface area contributed by atoms with E-state index in [1.807, 2.05) is 54.6 Å². The summed E-state index contributed by atoms with van der Waals surface area (Å²) < 4.78 is 12.8. The molecule has 8 nitrogen and oxygen atoms in total. The van der Waals surface area contributed by atoms with E-state index in [2.05, 4.69) is 82.6 Å². The van der Waals surface area contributed by atoms with Crippen LogP contribution in [0, 0.1) is 18.2 Å². The average molecular weight is 967 g/mol. The van der Waals surface area contributed by atoms with E-state index >= 15 is 0 Å². The largest absolute Gasteiger partial charge is 3.00 e. The summed E-state index contributed by atoms with van der Waals surface area (Å²) in [5, 5.41) is 4.03. The summed E-state index contributed by atoms with van der Waals surface area (Å²) >= 11 is 0. The van der Waals surface area contributed by atoms with Gasteiger partial charge in [0.25, 0.3) is 11.3 Å². The molecule has 0 amide bonds. The van der Waals surface area contributed by atoms with Crippen LogP contribution in [0.3, 0.4) is 0 Å². The number of para-hydroxylation sites is 3. The summed E-state index contributed by atoms with van der Waals surface area (Å²) in [4.78, 5) is 43.6. The maximum absolute atomic E-state index is 11.8. The van der Waals surface area contributed by atoms with Gasteiger partial charge in [-0.2, -0.15) is 0 Å². The monoisotopic (exact) mass is 967 g/mol. The van der Waals surface area contributed by atoms with Crippen molar-refractivity contribution < 1.29 is 33.7 Å². The van der Waals surface area contributed by atoms with Crippen molar-refractivity contribution in [1.29, 1.82) is 0 Å². The number of rotatable bonds is 10. The number of pyridine rings is 2. The number of carbonyl (C=O) groups excluding carboxylic acids is 1. The van der Waals surface area contributed by atoms with E-state index in [9.17, 15) is 14.4 Å². The zero-order valence-corrected chi connectivity index (χ0v) is 35.3. The molecule has 0 saturated carbocycles. The first-order valence-electron chi connectivity index (χ1n) is 19.4. The van der Waals surface area contributed by atoms with E-state index in [0.29, 0.717) is 46.5 Å². The van der Waals surface area contributed by atoms with Crippen LogP contribution in [-0.4, -0.2) is 20.3 Å². The maximum Gasteiger partial charge on any atom is 3.00 e. The molecule has 0 N–H and O–H groups in total. The summed E-state index contributed by atoms with van der Waals surface area (Å²) in [5.74, 6) is 0.0883. The van der Waals surface area contributed by atoms with Gasteiger partial charge in [0, 0.05) is 41.4 Å². The number of ketones is 1. The first-order valence-corrected chi connectivity index (χ1v) is 19.4. The Hall–Kier alpha value is -6.80. The smallest absolute Gasteiger partial charge is 0.496 e. The zero-order valence-electron chi connectivity index (χ0n) is 32.9. The van der Waals surface area contributed by atoms with Crippen molar-refractivity contribution in [1.82, 2.24) is 14.5 Å². The Bertz CT molecular complexity index is 2900. The third-order valence-corrected chi connectivity index (χ3v) is 9.45. The number of aryl methyl sites for hydroxylation is 1. The molecule has 0 fully saturated rings. The molecule has 0 aliphatic carbocycles. The first-order chi connectivity index (χ1) is 28.9. The van der Waals surface area contributed by atoms with Gasteiger partial charge >= 0.3 is 20.1 Å². The Labute approximate surface area is 360 Å². The van der Waals surface area contributed by atoms with E-state index < -0.39 is 11.3 Å². The Morgan fingerprint density at radius 2 is 1.27 bits per heavy atom. The predicted molar refractivity (Wildman–Crippen MR) is 235 cm³/mol. The molecule has 0 aliphatic rings. The van der Waals surface area contributed by atoms with Crippen LogP contribution in [0.15, 0.2) is 177 Å². The number of hydrogen-bond donors (Lipinski definition) is 0. The predicted octanol–water partition coefficient (Wildman–Crippen LogP) is 11.1. The molecular formula is C51H40IrN3O5. The zero-order chi connectivity index (χ0) is 41.0. The molecule has 0 saturated heterocycles. The van der Waals surface area contributed by atoms with Gasteiger partial charge < -0.3 is 18.2 Å². The minimum atomic E-state index is -0.414. The third kappa shape index (κ3) is 10.2. The van der Waals surface area contributed by atoms with Crippen molar-refractivity contribution in [3.8, 4) is 22.5 Å². The molecule has 0 radical (unpaired) electrons. The summed E-state index contributed by atoms with van der Waals surface area (Å²) in [6, 6.07) is 46.3. The molecule has 5 aromatic heterocycles. The van der Waals surface area contributed by atoms with Gasteiger partial charge in [0.1, 0.15) is 0 Å². The van der Waals surface area contributed by atoms with Crippen LogP contribution in [0.2, 0.25) is 0 Å². The fourth-order valence-electron chi connectivity index (χ4n) is 6.53. The standard InChI is InChI=1S/C23H24NO.2C14H8NO2.Ir/c1-3-5-9-19(25)14-12-18-13-15-23-21(17-18)20-10-7-8-11-22(20)24(23)16-6-4-2;2*16-14-11(12-6-3-4-8-15-12)9-10-5-1-2-7-13(10)17-14;/h3,7-8,10-11,13-15,17H,1,4-6,9,16H2,2H3;2*1-8H;/q3*-1;+3. The van der Waals surface area contributed by atoms with Gasteiger partial charge in [-0.15, -0.1) is 60.7 Å². The molecule has 0 spiro atoms. The van der Waals surface area contributed by atoms with Crippen LogP contribution >= 0.6 is 0 Å². The van der Waals surface area contributed by atoms with Crippen molar-refractivity contribution in [3.05, 3.63) is 203 Å². The quantitative estimate of drug-likeness (QED) is 0.0581. The van der Waals surface area contributed by atoms with Gasteiger partial charge in [-0.05, 0) is 59.4 Å². The van der Waals surface area contributed by atoms with Crippen molar-refractivity contribution in [3.63, 3.8) is 0 Å². The maximum atomic E-state index is 11.8. The van der Waals surface area contributed by atoms with E-state index in [0.717, 1.165) is 22.9 Å². The van der Waals surface area contributed by atoms with Crippen LogP contribution in [0.1, 0.15) is 38.2 Å². The summed E-state index contributed by atoms with van der Waals surface area (Å²) in [6.07, 6.45) is 13.3. The molecule has 9 heteroatoms. The van der Waals surface area contributed by atoms with Crippen molar-refractivity contribution >= 4 is 49.5 Å². The van der Waals surface area contributed by atoms with Crippen molar-refractivity contribution in [2.24, 2.45) is 0 Å². The second-order valence-corrected chi connectivity index (χ2v) is 13.5. The van der Waals surface area contributed by atoms with Crippen LogP contribution in [0.4, 0.5) is 0 Å². The van der Waals surface area contributed by atoms with Crippen LogP contribution < -0.4 is 11.3 Å². The molecule has 60 heavy (non-hydrogen) atoms. The number of fused-ring (bicyclic) bond motifs is 5. The van der Waals surface area contributed by atoms with Crippen molar-refractivity contribution in [2.45, 2.75) is 39.2 Å². The van der Waals surface area contributed by atoms with E-state index in [1.165, 1.54) is 34.6 Å². The topological polar surface area (TPSA) is 108 Å². The number of allylic oxidation sites excluding steroid dienone is 2. The van der Waals surface area contributed by atoms with E-state index in [-0.39, 0.29) is 25.9 Å². The summed E-state index contributed by atoms with van der Waals surface area (Å²) in [5.41, 5.74) is 5.59. The molecule has 9 rings (SSSR count). The average Bonchev–Trinajstić information content (AvgIpc) is 3.60. The number of benzene rings is 4. The molecular weight excluding hydrogens is 927 g/mol. The first kappa shape index (κ1) is 42.8. The van der Waals surface area contributed by atoms with Crippen LogP contribution in [-0.2, 0) is 31.4 Å². The second-order valence-electron chi connectivity index (χ2n) is 13.5. The normalized spacial score (nSPS) is 10.8. The number of aromatic nitrogens is 3. The fraction of sp³-hybridized carbons (Fsp3) is 0.118. The minimum absolute atomic E-state index is 0. The Kier molecular flexibility index (Phi) is 14.8. The second kappa shape index (κ2) is 20.8. The number of unbranched alkanes of at least 4 members (excludes halogenated alkanes) is 1. The van der Waals surface area contributed by atoms with Gasteiger partial charge in [-0.1, -0.05) is 115 Å². The van der Waals surface area contributed by atoms with E-state index in [4.69, 9.17) is 8.83 Å². The molecule has 0 aliphatic heterocycles. The fourth-order valence-corrected chi connectivity index (χ4v) is 6.53. The molecule has 4 aromatic carbocycles. The molecule has 0 atom stereocenters. The van der Waals surface area contributed by atoms with Crippen LogP contribution in [0.25, 0.3) is 66.3 Å². The third-order valence-electron chi connectivity index (χ3n) is 9.45. The summed E-state index contributed by atoms with van der Waals surface area (Å²) in [6.45, 7) is 6.89. The molecule has 5 heterocycles. The Balaban J connectivity index is 0.000000154. The van der Waals surface area contributed by atoms with Crippen molar-refractivity contribution in [2.75, 3.05) is 0 Å². The van der Waals surface area contributed by atoms with E-state index in [1.54, 1.807) is 60.9 Å². The van der Waals surface area contributed by atoms with Gasteiger partial charge in [0.2, 0.25) is 0 Å². The minimum Gasteiger partial charge on any atom is -0.496 e. The number of nitrogens with zero attached hydrogens (tertiary/aromatic N) is 3. The molecule has 0 bridgehead atoms. The van der Waals surface area contributed by atoms with Gasteiger partial charge in [-0.3, -0.25) is 19.6 Å². The van der Waals surface area contributed by atoms with Gasteiger partial charge in [0.05, 0.1) is 16.9 Å². The number of hydrogen-bond acceptors (Lipinski definition) is 7. The van der Waals surface area contributed by atoms with Gasteiger partial charge in [0.15, 0.2) is 0 Å². The molecule has 298 valence electrons. The SMILES string of the molecule is C=CCCC(=O)C=[C-]c1ccc2c(c1)c1ccccc1n2CCCC.O=c1oc2ccccc2[c-]c1-c1ccccn1.O=c1oc2ccccc2[c-]c1-c1ccccn1.[Ir+3]. The Morgan fingerprint density at radius 1 is 0.717 bits per heavy atom. The molecule has 9 aromatic rings. The van der Waals surface area contributed by atoms with Gasteiger partial charge in [-0.25, -0.2) is 0 Å². The molecule has 0 unspecified atom stereocenters. The summed E-state index contributed by atoms with van der Waals surface area (Å²) in [7, 11) is 0. The van der Waals surface area contributed by atoms with Crippen LogP contribution in [0.5, 0.6) is 0 Å².